The van der Waals surface area contributed by atoms with Crippen molar-refractivity contribution in [3.05, 3.63) is 69.8 Å². The van der Waals surface area contributed by atoms with Gasteiger partial charge in [0.15, 0.2) is 5.17 Å². The van der Waals surface area contributed by atoms with Crippen molar-refractivity contribution in [2.24, 2.45) is 10.1 Å². The number of nitrogens with one attached hydrogen (secondary N) is 2. The number of non-ortho nitro benzene ring substituents is 1. The maximum atomic E-state index is 12.2. The number of nitro benzene ring substituents is 1. The van der Waals surface area contributed by atoms with E-state index in [1.807, 2.05) is 24.3 Å². The van der Waals surface area contributed by atoms with Crippen molar-refractivity contribution in [2.75, 3.05) is 11.9 Å². The molecule has 0 unspecified atom stereocenters. The average molecular weight is 411 g/mol. The molecule has 3 rings (SSSR count). The van der Waals surface area contributed by atoms with Gasteiger partial charge in [-0.1, -0.05) is 36.9 Å². The monoisotopic (exact) mass is 411 g/mol. The van der Waals surface area contributed by atoms with Gasteiger partial charge in [0.05, 0.1) is 17.2 Å². The molecule has 1 heterocycles. The Morgan fingerprint density at radius 2 is 2.03 bits per heavy atom. The SMILES string of the molecule is CC[C@H]1CN=C(Nc2ccc(/C(C)=N\NC(=O)c3cccc([N+](=O)[O-])c3)cc2)S1. The van der Waals surface area contributed by atoms with Crippen LogP contribution in [0, 0.1) is 10.1 Å². The molecule has 2 aromatic rings. The summed E-state index contributed by atoms with van der Waals surface area (Å²) in [6.45, 7) is 4.78. The van der Waals surface area contributed by atoms with Crippen LogP contribution in [-0.2, 0) is 0 Å². The number of hydrazone groups is 1. The molecule has 9 heteroatoms. The zero-order valence-corrected chi connectivity index (χ0v) is 16.9. The predicted molar refractivity (Wildman–Crippen MR) is 117 cm³/mol. The average Bonchev–Trinajstić information content (AvgIpc) is 3.20. The number of nitrogens with zero attached hydrogens (tertiary/aromatic N) is 3. The number of carbonyl (C=O) groups excluding carboxylic acids is 1. The van der Waals surface area contributed by atoms with E-state index in [2.05, 4.69) is 27.8 Å². The number of benzene rings is 2. The van der Waals surface area contributed by atoms with Crippen LogP contribution in [0.5, 0.6) is 0 Å². The molecule has 1 aliphatic heterocycles. The van der Waals surface area contributed by atoms with Gasteiger partial charge in [-0.15, -0.1) is 0 Å². The van der Waals surface area contributed by atoms with Crippen LogP contribution in [0.15, 0.2) is 58.6 Å². The van der Waals surface area contributed by atoms with E-state index in [0.29, 0.717) is 11.0 Å². The van der Waals surface area contributed by atoms with Crippen LogP contribution in [-0.4, -0.2) is 33.5 Å². The number of hydrogen-bond acceptors (Lipinski definition) is 7. The highest BCUT2D eigenvalue weighted by Crippen LogP contribution is 2.24. The molecule has 0 fully saturated rings. The topological polar surface area (TPSA) is 109 Å². The Morgan fingerprint density at radius 3 is 2.69 bits per heavy atom. The lowest BCUT2D eigenvalue weighted by Gasteiger charge is -2.08. The quantitative estimate of drug-likeness (QED) is 0.423. The lowest BCUT2D eigenvalue weighted by Crippen LogP contribution is -2.19. The van der Waals surface area contributed by atoms with E-state index in [1.165, 1.54) is 24.3 Å². The molecule has 1 amide bonds. The van der Waals surface area contributed by atoms with Gasteiger partial charge in [-0.05, 0) is 37.1 Å². The van der Waals surface area contributed by atoms with Crippen LogP contribution in [0.3, 0.4) is 0 Å². The summed E-state index contributed by atoms with van der Waals surface area (Å²) in [4.78, 5) is 27.0. The molecule has 0 saturated heterocycles. The number of thioether (sulfide) groups is 1. The first-order chi connectivity index (χ1) is 14.0. The summed E-state index contributed by atoms with van der Waals surface area (Å²) in [5.41, 5.74) is 4.87. The van der Waals surface area contributed by atoms with Crippen molar-refractivity contribution in [3.63, 3.8) is 0 Å². The van der Waals surface area contributed by atoms with E-state index >= 15 is 0 Å². The smallest absolute Gasteiger partial charge is 0.271 e. The first kappa shape index (κ1) is 20.5. The fourth-order valence-corrected chi connectivity index (χ4v) is 3.60. The normalized spacial score (nSPS) is 16.3. The number of aliphatic imine (C=N–C) groups is 1. The Bertz CT molecular complexity index is 972. The highest BCUT2D eigenvalue weighted by molar-refractivity contribution is 8.15. The van der Waals surface area contributed by atoms with Gasteiger partial charge in [0, 0.05) is 28.6 Å². The van der Waals surface area contributed by atoms with Crippen molar-refractivity contribution in [3.8, 4) is 0 Å². The summed E-state index contributed by atoms with van der Waals surface area (Å²) in [7, 11) is 0. The van der Waals surface area contributed by atoms with Gasteiger partial charge in [0.2, 0.25) is 0 Å². The molecule has 1 aliphatic rings. The summed E-state index contributed by atoms with van der Waals surface area (Å²) in [5.74, 6) is -0.506. The Labute approximate surface area is 172 Å². The van der Waals surface area contributed by atoms with Gasteiger partial charge in [-0.2, -0.15) is 5.10 Å². The molecular formula is C20H21N5O3S. The molecule has 8 nitrogen and oxygen atoms in total. The number of amidine groups is 1. The molecule has 2 aromatic carbocycles. The van der Waals surface area contributed by atoms with E-state index in [9.17, 15) is 14.9 Å². The highest BCUT2D eigenvalue weighted by Gasteiger charge is 2.17. The number of hydrogen-bond donors (Lipinski definition) is 2. The largest absolute Gasteiger partial charge is 0.335 e. The van der Waals surface area contributed by atoms with Gasteiger partial charge < -0.3 is 5.32 Å². The second-order valence-electron chi connectivity index (χ2n) is 6.44. The van der Waals surface area contributed by atoms with Gasteiger partial charge in [-0.3, -0.25) is 19.9 Å². The minimum Gasteiger partial charge on any atom is -0.335 e. The lowest BCUT2D eigenvalue weighted by atomic mass is 10.1. The molecule has 0 radical (unpaired) electrons. The first-order valence-electron chi connectivity index (χ1n) is 9.14. The summed E-state index contributed by atoms with van der Waals surface area (Å²) in [6.07, 6.45) is 1.09. The van der Waals surface area contributed by atoms with Crippen molar-refractivity contribution >= 4 is 39.9 Å². The van der Waals surface area contributed by atoms with Gasteiger partial charge in [0.25, 0.3) is 11.6 Å². The molecule has 0 aliphatic carbocycles. The van der Waals surface area contributed by atoms with Gasteiger partial charge in [-0.25, -0.2) is 5.43 Å². The number of anilines is 1. The number of rotatable bonds is 6. The van der Waals surface area contributed by atoms with E-state index in [0.717, 1.165) is 29.4 Å². The molecule has 0 bridgehead atoms. The lowest BCUT2D eigenvalue weighted by molar-refractivity contribution is -0.384. The maximum absolute atomic E-state index is 12.2. The molecule has 1 atom stereocenters. The predicted octanol–water partition coefficient (Wildman–Crippen LogP) is 4.04. The van der Waals surface area contributed by atoms with Crippen molar-refractivity contribution < 1.29 is 9.72 Å². The van der Waals surface area contributed by atoms with Crippen LogP contribution in [0.25, 0.3) is 0 Å². The standard InChI is InChI=1S/C20H21N5O3S/c1-3-18-12-21-20(29-18)22-16-9-7-14(8-10-16)13(2)23-24-19(26)15-5-4-6-17(11-15)25(27)28/h4-11,18H,3,12H2,1-2H3,(H,21,22)(H,24,26)/b23-13-/t18-/m0/s1. The van der Waals surface area contributed by atoms with Crippen LogP contribution in [0.4, 0.5) is 11.4 Å². The zero-order chi connectivity index (χ0) is 20.8. The molecule has 0 spiro atoms. The molecular weight excluding hydrogens is 390 g/mol. The van der Waals surface area contributed by atoms with Gasteiger partial charge in [0.1, 0.15) is 0 Å². The highest BCUT2D eigenvalue weighted by atomic mass is 32.2. The third kappa shape index (κ3) is 5.41. The molecule has 0 aromatic heterocycles. The first-order valence-corrected chi connectivity index (χ1v) is 10.0. The Morgan fingerprint density at radius 1 is 1.28 bits per heavy atom. The Balaban J connectivity index is 1.60. The summed E-state index contributed by atoms with van der Waals surface area (Å²) in [6, 6.07) is 13.2. The van der Waals surface area contributed by atoms with Crippen LogP contribution in [0.2, 0.25) is 0 Å². The number of carbonyl (C=O) groups is 1. The third-order valence-corrected chi connectivity index (χ3v) is 5.64. The minimum absolute atomic E-state index is 0.142. The van der Waals surface area contributed by atoms with E-state index in [-0.39, 0.29) is 11.3 Å². The summed E-state index contributed by atoms with van der Waals surface area (Å²) < 4.78 is 0. The van der Waals surface area contributed by atoms with E-state index in [4.69, 9.17) is 0 Å². The van der Waals surface area contributed by atoms with Crippen LogP contribution in [0.1, 0.15) is 36.2 Å². The van der Waals surface area contributed by atoms with Crippen molar-refractivity contribution in [1.29, 1.82) is 0 Å². The molecule has 29 heavy (non-hydrogen) atoms. The number of nitro groups is 1. The molecule has 2 N–H and O–H groups in total. The van der Waals surface area contributed by atoms with Crippen molar-refractivity contribution in [1.82, 2.24) is 5.43 Å². The number of amides is 1. The summed E-state index contributed by atoms with van der Waals surface area (Å²) in [5, 5.41) is 19.7. The second-order valence-corrected chi connectivity index (χ2v) is 7.73. The maximum Gasteiger partial charge on any atom is 0.271 e. The molecule has 0 saturated carbocycles. The summed E-state index contributed by atoms with van der Waals surface area (Å²) >= 11 is 1.75. The Hall–Kier alpha value is -3.20. The zero-order valence-electron chi connectivity index (χ0n) is 16.1. The van der Waals surface area contributed by atoms with Crippen LogP contribution < -0.4 is 10.7 Å². The van der Waals surface area contributed by atoms with E-state index < -0.39 is 10.8 Å². The fourth-order valence-electron chi connectivity index (χ4n) is 2.64. The van der Waals surface area contributed by atoms with Crippen molar-refractivity contribution in [2.45, 2.75) is 25.5 Å². The fraction of sp³-hybridized carbons (Fsp3) is 0.250. The van der Waals surface area contributed by atoms with E-state index in [1.54, 1.807) is 18.7 Å². The second kappa shape index (κ2) is 9.33. The minimum atomic E-state index is -0.543. The Kier molecular flexibility index (Phi) is 6.61. The third-order valence-electron chi connectivity index (χ3n) is 4.37. The van der Waals surface area contributed by atoms with Crippen LogP contribution >= 0.6 is 11.8 Å². The molecule has 150 valence electrons. The van der Waals surface area contributed by atoms with Gasteiger partial charge >= 0.3 is 0 Å².